The first-order valence-corrected chi connectivity index (χ1v) is 8.01. The first-order chi connectivity index (χ1) is 10.1. The Morgan fingerprint density at radius 1 is 1.41 bits per heavy atom. The van der Waals surface area contributed by atoms with E-state index in [-0.39, 0.29) is 24.0 Å². The molecule has 0 aromatic carbocycles. The van der Waals surface area contributed by atoms with Gasteiger partial charge in [-0.05, 0) is 33.6 Å². The van der Waals surface area contributed by atoms with Crippen LogP contribution in [-0.4, -0.2) is 60.2 Å². The standard InChI is InChI=1S/C15H25ClN2O4/c1-14(2,3)22-13(20)17-11-5-6-18(9-11)8-10-7-15(10,16)12(19)21-4/h10-11H,5-9H2,1-4H3,(H,17,20)/t10-,11+,15-/m1/s1. The minimum Gasteiger partial charge on any atom is -0.468 e. The van der Waals surface area contributed by atoms with Crippen LogP contribution in [-0.2, 0) is 14.3 Å². The Balaban J connectivity index is 1.73. The maximum atomic E-state index is 11.8. The van der Waals surface area contributed by atoms with Crippen LogP contribution in [0.1, 0.15) is 33.6 Å². The number of esters is 1. The molecule has 126 valence electrons. The predicted molar refractivity (Wildman–Crippen MR) is 82.9 cm³/mol. The third kappa shape index (κ3) is 4.26. The Morgan fingerprint density at radius 3 is 2.68 bits per heavy atom. The number of carbonyl (C=O) groups excluding carboxylic acids is 2. The molecule has 1 aliphatic carbocycles. The summed E-state index contributed by atoms with van der Waals surface area (Å²) in [5.41, 5.74) is -0.491. The van der Waals surface area contributed by atoms with E-state index in [1.54, 1.807) is 0 Å². The van der Waals surface area contributed by atoms with E-state index >= 15 is 0 Å². The van der Waals surface area contributed by atoms with Crippen molar-refractivity contribution in [3.63, 3.8) is 0 Å². The van der Waals surface area contributed by atoms with E-state index in [1.165, 1.54) is 7.11 Å². The molecule has 1 aliphatic heterocycles. The van der Waals surface area contributed by atoms with Crippen LogP contribution in [0.2, 0.25) is 0 Å². The fraction of sp³-hybridized carbons (Fsp3) is 0.867. The number of alkyl carbamates (subject to hydrolysis) is 1. The van der Waals surface area contributed by atoms with E-state index in [4.69, 9.17) is 21.1 Å². The van der Waals surface area contributed by atoms with Crippen molar-refractivity contribution >= 4 is 23.7 Å². The Morgan fingerprint density at radius 2 is 2.09 bits per heavy atom. The average molecular weight is 333 g/mol. The lowest BCUT2D eigenvalue weighted by molar-refractivity contribution is -0.141. The highest BCUT2D eigenvalue weighted by Gasteiger charge is 2.60. The molecule has 1 heterocycles. The predicted octanol–water partition coefficient (Wildman–Crippen LogP) is 1.76. The number of likely N-dealkylation sites (tertiary alicyclic amines) is 1. The highest BCUT2D eigenvalue weighted by Crippen LogP contribution is 2.51. The topological polar surface area (TPSA) is 67.9 Å². The van der Waals surface area contributed by atoms with Gasteiger partial charge in [0.1, 0.15) is 10.5 Å². The molecule has 2 aliphatic rings. The van der Waals surface area contributed by atoms with Gasteiger partial charge in [0.15, 0.2) is 0 Å². The third-order valence-corrected chi connectivity index (χ3v) is 4.64. The van der Waals surface area contributed by atoms with Gasteiger partial charge in [0, 0.05) is 31.6 Å². The van der Waals surface area contributed by atoms with Crippen molar-refractivity contribution in [3.05, 3.63) is 0 Å². The number of rotatable bonds is 4. The van der Waals surface area contributed by atoms with E-state index in [1.807, 2.05) is 20.8 Å². The zero-order valence-electron chi connectivity index (χ0n) is 13.6. The summed E-state index contributed by atoms with van der Waals surface area (Å²) in [5, 5.41) is 2.89. The SMILES string of the molecule is COC(=O)[C@@]1(Cl)C[C@@H]1CN1CC[C@H](NC(=O)OC(C)(C)C)C1. The van der Waals surface area contributed by atoms with Gasteiger partial charge in [-0.2, -0.15) is 0 Å². The molecule has 7 heteroatoms. The van der Waals surface area contributed by atoms with E-state index in [9.17, 15) is 9.59 Å². The van der Waals surface area contributed by atoms with Gasteiger partial charge >= 0.3 is 12.1 Å². The molecule has 0 spiro atoms. The number of nitrogens with zero attached hydrogens (tertiary/aromatic N) is 1. The van der Waals surface area contributed by atoms with E-state index in [2.05, 4.69) is 10.2 Å². The van der Waals surface area contributed by atoms with Gasteiger partial charge in [-0.15, -0.1) is 11.6 Å². The van der Waals surface area contributed by atoms with Crippen molar-refractivity contribution in [2.45, 2.75) is 50.1 Å². The van der Waals surface area contributed by atoms with Crippen molar-refractivity contribution in [2.75, 3.05) is 26.7 Å². The molecule has 0 unspecified atom stereocenters. The van der Waals surface area contributed by atoms with Crippen molar-refractivity contribution in [1.29, 1.82) is 0 Å². The smallest absolute Gasteiger partial charge is 0.407 e. The van der Waals surface area contributed by atoms with Gasteiger partial charge in [-0.1, -0.05) is 0 Å². The first-order valence-electron chi connectivity index (χ1n) is 7.63. The maximum absolute atomic E-state index is 11.8. The van der Waals surface area contributed by atoms with Crippen molar-refractivity contribution in [1.82, 2.24) is 10.2 Å². The second-order valence-electron chi connectivity index (χ2n) is 7.15. The lowest BCUT2D eigenvalue weighted by Crippen LogP contribution is -2.40. The summed E-state index contributed by atoms with van der Waals surface area (Å²) >= 11 is 6.24. The summed E-state index contributed by atoms with van der Waals surface area (Å²) in [6, 6.07) is 0.0800. The van der Waals surface area contributed by atoms with E-state index in [0.717, 1.165) is 26.1 Å². The zero-order valence-corrected chi connectivity index (χ0v) is 14.4. The monoisotopic (exact) mass is 332 g/mol. The fourth-order valence-electron chi connectivity index (χ4n) is 2.83. The minimum absolute atomic E-state index is 0.0800. The maximum Gasteiger partial charge on any atom is 0.407 e. The van der Waals surface area contributed by atoms with Gasteiger partial charge in [0.25, 0.3) is 0 Å². The van der Waals surface area contributed by atoms with Crippen molar-refractivity contribution < 1.29 is 19.1 Å². The zero-order chi connectivity index (χ0) is 16.5. The summed E-state index contributed by atoms with van der Waals surface area (Å²) in [5.74, 6) is -0.219. The molecule has 6 nitrogen and oxygen atoms in total. The number of ether oxygens (including phenoxy) is 2. The molecular weight excluding hydrogens is 308 g/mol. The van der Waals surface area contributed by atoms with Crippen LogP contribution in [0.15, 0.2) is 0 Å². The first kappa shape index (κ1) is 17.3. The number of carbonyl (C=O) groups is 2. The van der Waals surface area contributed by atoms with Gasteiger partial charge in [0.05, 0.1) is 7.11 Å². The molecule has 1 saturated heterocycles. The molecular formula is C15H25ClN2O4. The molecule has 0 aromatic heterocycles. The fourth-order valence-corrected chi connectivity index (χ4v) is 3.16. The van der Waals surface area contributed by atoms with Crippen LogP contribution in [0.4, 0.5) is 4.79 Å². The second kappa shape index (κ2) is 6.24. The number of alkyl halides is 1. The summed E-state index contributed by atoms with van der Waals surface area (Å²) < 4.78 is 9.99. The average Bonchev–Trinajstić information content (AvgIpc) is 2.82. The van der Waals surface area contributed by atoms with Crippen LogP contribution in [0, 0.1) is 5.92 Å². The molecule has 0 bridgehead atoms. The largest absolute Gasteiger partial charge is 0.468 e. The van der Waals surface area contributed by atoms with Crippen LogP contribution in [0.25, 0.3) is 0 Å². The number of methoxy groups -OCH3 is 1. The Bertz CT molecular complexity index is 451. The van der Waals surface area contributed by atoms with Gasteiger partial charge in [-0.25, -0.2) is 4.79 Å². The summed E-state index contributed by atoms with van der Waals surface area (Å²) in [7, 11) is 1.36. The van der Waals surface area contributed by atoms with E-state index < -0.39 is 10.5 Å². The van der Waals surface area contributed by atoms with Crippen LogP contribution < -0.4 is 5.32 Å². The molecule has 2 rings (SSSR count). The normalized spacial score (nSPS) is 31.7. The molecule has 1 amide bonds. The number of amides is 1. The molecule has 3 atom stereocenters. The van der Waals surface area contributed by atoms with Gasteiger partial charge in [0.2, 0.25) is 0 Å². The van der Waals surface area contributed by atoms with Crippen molar-refractivity contribution in [2.24, 2.45) is 5.92 Å². The lowest BCUT2D eigenvalue weighted by atomic mass is 10.2. The number of halogens is 1. The molecule has 2 fully saturated rings. The Labute approximate surface area is 136 Å². The molecule has 22 heavy (non-hydrogen) atoms. The van der Waals surface area contributed by atoms with Crippen LogP contribution >= 0.6 is 11.6 Å². The molecule has 1 saturated carbocycles. The highest BCUT2D eigenvalue weighted by molar-refractivity contribution is 6.36. The molecule has 0 radical (unpaired) electrons. The quantitative estimate of drug-likeness (QED) is 0.627. The van der Waals surface area contributed by atoms with Crippen LogP contribution in [0.3, 0.4) is 0 Å². The van der Waals surface area contributed by atoms with Crippen LogP contribution in [0.5, 0.6) is 0 Å². The van der Waals surface area contributed by atoms with E-state index in [0.29, 0.717) is 6.42 Å². The second-order valence-corrected chi connectivity index (χ2v) is 7.82. The third-order valence-electron chi connectivity index (χ3n) is 4.03. The minimum atomic E-state index is -0.842. The molecule has 0 aromatic rings. The number of hydrogen-bond acceptors (Lipinski definition) is 5. The summed E-state index contributed by atoms with van der Waals surface area (Å²) in [6.45, 7) is 7.91. The van der Waals surface area contributed by atoms with Crippen molar-refractivity contribution in [3.8, 4) is 0 Å². The molecule has 1 N–H and O–H groups in total. The Hall–Kier alpha value is -1.01. The lowest BCUT2D eigenvalue weighted by Gasteiger charge is -2.22. The number of nitrogens with one attached hydrogen (secondary N) is 1. The Kier molecular flexibility index (Phi) is 4.92. The number of hydrogen-bond donors (Lipinski definition) is 1. The highest BCUT2D eigenvalue weighted by atomic mass is 35.5. The summed E-state index contributed by atoms with van der Waals surface area (Å²) in [4.78, 5) is 24.7. The van der Waals surface area contributed by atoms with Gasteiger partial charge in [-0.3, -0.25) is 4.79 Å². The summed E-state index contributed by atoms with van der Waals surface area (Å²) in [6.07, 6.45) is 1.15. The van der Waals surface area contributed by atoms with Gasteiger partial charge < -0.3 is 19.7 Å².